The van der Waals surface area contributed by atoms with Crippen molar-refractivity contribution >= 4 is 11.8 Å². The maximum atomic E-state index is 15.1. The van der Waals surface area contributed by atoms with Gasteiger partial charge in [-0.25, -0.2) is 32.5 Å². The third kappa shape index (κ3) is 4.66. The first-order chi connectivity index (χ1) is 16.6. The second-order valence-corrected chi connectivity index (χ2v) is 8.56. The average molecular weight is 496 g/mol. The molecule has 1 aromatic heterocycles. The molecule has 188 valence electrons. The molecule has 0 unspecified atom stereocenters. The Bertz CT molecular complexity index is 1130. The first-order valence-electron chi connectivity index (χ1n) is 10.9. The molecule has 0 spiro atoms. The standard InChI is InChI=1S/C23H24F4N4O4/c1-3-23(26,27)20-19-17(10-33-20)35-21(28)31-22(19,2)13-6-12(4-5-14(13)25)7-16(32)15-8-30-18(9-29-15)34-11-24/h4-6,8-9,17,19-20H,3,7,10-11H2,1-2H3,(H2,28,31)/t17-,19-,20-,22-/m1/s1. The largest absolute Gasteiger partial charge is 0.459 e. The van der Waals surface area contributed by atoms with E-state index in [4.69, 9.17) is 15.2 Å². The normalized spacial score (nSPS) is 26.0. The van der Waals surface area contributed by atoms with Crippen LogP contribution in [0.4, 0.5) is 17.6 Å². The summed E-state index contributed by atoms with van der Waals surface area (Å²) in [7, 11) is 0. The van der Waals surface area contributed by atoms with Crippen molar-refractivity contribution in [3.05, 3.63) is 53.2 Å². The van der Waals surface area contributed by atoms with E-state index in [1.54, 1.807) is 0 Å². The number of carbonyl (C=O) groups excluding carboxylic acids is 1. The van der Waals surface area contributed by atoms with E-state index < -0.39 is 54.5 Å². The number of amidine groups is 1. The Morgan fingerprint density at radius 3 is 2.74 bits per heavy atom. The third-order valence-electron chi connectivity index (χ3n) is 6.38. The highest BCUT2D eigenvalue weighted by Gasteiger charge is 2.61. The van der Waals surface area contributed by atoms with Crippen LogP contribution < -0.4 is 10.5 Å². The number of fused-ring (bicyclic) bond motifs is 1. The molecule has 35 heavy (non-hydrogen) atoms. The van der Waals surface area contributed by atoms with E-state index in [2.05, 4.69) is 19.7 Å². The molecule has 4 rings (SSSR count). The molecule has 1 saturated heterocycles. The van der Waals surface area contributed by atoms with Gasteiger partial charge in [0.05, 0.1) is 24.9 Å². The van der Waals surface area contributed by atoms with Crippen molar-refractivity contribution in [1.29, 1.82) is 0 Å². The molecule has 0 amide bonds. The van der Waals surface area contributed by atoms with Gasteiger partial charge in [0.15, 0.2) is 5.78 Å². The van der Waals surface area contributed by atoms with Crippen LogP contribution in [0.1, 0.15) is 41.9 Å². The number of carbonyl (C=O) groups is 1. The quantitative estimate of drug-likeness (QED) is 0.441. The fraction of sp³-hybridized carbons (Fsp3) is 0.478. The Labute approximate surface area is 198 Å². The van der Waals surface area contributed by atoms with Gasteiger partial charge in [0.1, 0.15) is 29.3 Å². The number of halogens is 4. The summed E-state index contributed by atoms with van der Waals surface area (Å²) in [6.45, 7) is 1.61. The minimum atomic E-state index is -3.20. The average Bonchev–Trinajstić information content (AvgIpc) is 3.26. The van der Waals surface area contributed by atoms with E-state index in [0.29, 0.717) is 5.56 Å². The number of ketones is 1. The van der Waals surface area contributed by atoms with Crippen molar-refractivity contribution in [2.24, 2.45) is 16.6 Å². The minimum absolute atomic E-state index is 0.00599. The van der Waals surface area contributed by atoms with Crippen molar-refractivity contribution in [1.82, 2.24) is 9.97 Å². The van der Waals surface area contributed by atoms with Crippen LogP contribution in [0, 0.1) is 11.7 Å². The van der Waals surface area contributed by atoms with Crippen LogP contribution in [0.5, 0.6) is 5.88 Å². The van der Waals surface area contributed by atoms with Gasteiger partial charge in [0.2, 0.25) is 12.7 Å². The Morgan fingerprint density at radius 2 is 2.09 bits per heavy atom. The van der Waals surface area contributed by atoms with Gasteiger partial charge in [-0.15, -0.1) is 0 Å². The zero-order chi connectivity index (χ0) is 25.4. The van der Waals surface area contributed by atoms with Gasteiger partial charge in [-0.2, -0.15) is 0 Å². The van der Waals surface area contributed by atoms with Gasteiger partial charge in [0, 0.05) is 18.4 Å². The number of benzene rings is 1. The summed E-state index contributed by atoms with van der Waals surface area (Å²) in [6.07, 6.45) is -0.827. The molecule has 0 aliphatic carbocycles. The van der Waals surface area contributed by atoms with Crippen LogP contribution in [0.25, 0.3) is 0 Å². The summed E-state index contributed by atoms with van der Waals surface area (Å²) >= 11 is 0. The maximum Gasteiger partial charge on any atom is 0.283 e. The molecule has 0 bridgehead atoms. The number of Topliss-reactive ketones (excluding diaryl/α,β-unsaturated/α-hetero) is 1. The van der Waals surface area contributed by atoms with E-state index in [1.165, 1.54) is 26.0 Å². The molecule has 2 aliphatic heterocycles. The van der Waals surface area contributed by atoms with Crippen LogP contribution in [0.2, 0.25) is 0 Å². The van der Waals surface area contributed by atoms with Gasteiger partial charge in [-0.05, 0) is 24.6 Å². The Morgan fingerprint density at radius 1 is 1.31 bits per heavy atom. The summed E-state index contributed by atoms with van der Waals surface area (Å²) in [5.74, 6) is -5.45. The highest BCUT2D eigenvalue weighted by Crippen LogP contribution is 2.50. The van der Waals surface area contributed by atoms with E-state index in [0.717, 1.165) is 18.5 Å². The Kier molecular flexibility index (Phi) is 6.67. The van der Waals surface area contributed by atoms with Crippen molar-refractivity contribution in [2.45, 2.75) is 50.4 Å². The fourth-order valence-corrected chi connectivity index (χ4v) is 4.61. The first-order valence-corrected chi connectivity index (χ1v) is 10.9. The predicted octanol–water partition coefficient (Wildman–Crippen LogP) is 3.34. The monoisotopic (exact) mass is 496 g/mol. The number of aromatic nitrogens is 2. The van der Waals surface area contributed by atoms with Crippen molar-refractivity contribution in [3.8, 4) is 5.88 Å². The summed E-state index contributed by atoms with van der Waals surface area (Å²) in [5.41, 5.74) is 4.67. The number of alkyl halides is 3. The molecule has 0 saturated carbocycles. The SMILES string of the molecule is CCC(F)(F)[C@@H]1OC[C@H]2OC(N)=N[C@](C)(c3cc(CC(=O)c4cnc(OCF)cn4)ccc3F)[C@@H]12. The van der Waals surface area contributed by atoms with Gasteiger partial charge in [-0.1, -0.05) is 13.0 Å². The molecule has 2 N–H and O–H groups in total. The van der Waals surface area contributed by atoms with E-state index >= 15 is 4.39 Å². The zero-order valence-electron chi connectivity index (χ0n) is 19.0. The highest BCUT2D eigenvalue weighted by molar-refractivity contribution is 5.95. The lowest BCUT2D eigenvalue weighted by Gasteiger charge is -2.42. The van der Waals surface area contributed by atoms with Gasteiger partial charge in [-0.3, -0.25) is 4.79 Å². The lowest BCUT2D eigenvalue weighted by molar-refractivity contribution is -0.140. The molecule has 8 nitrogen and oxygen atoms in total. The van der Waals surface area contributed by atoms with Gasteiger partial charge < -0.3 is 19.9 Å². The number of aliphatic imine (C=N–C) groups is 1. The summed E-state index contributed by atoms with van der Waals surface area (Å²) in [4.78, 5) is 24.7. The molecule has 4 atom stereocenters. The number of nitrogens with zero attached hydrogens (tertiary/aromatic N) is 3. The molecular formula is C23H24F4N4O4. The van der Waals surface area contributed by atoms with Gasteiger partial charge >= 0.3 is 0 Å². The second-order valence-electron chi connectivity index (χ2n) is 8.56. The second kappa shape index (κ2) is 9.40. The number of nitrogens with two attached hydrogens (primary N) is 1. The number of hydrogen-bond acceptors (Lipinski definition) is 8. The molecule has 0 radical (unpaired) electrons. The highest BCUT2D eigenvalue weighted by atomic mass is 19.3. The van der Waals surface area contributed by atoms with Gasteiger partial charge in [0.25, 0.3) is 11.9 Å². The number of rotatable bonds is 8. The van der Waals surface area contributed by atoms with Crippen LogP contribution >= 0.6 is 0 Å². The summed E-state index contributed by atoms with van der Waals surface area (Å²) < 4.78 is 72.3. The van der Waals surface area contributed by atoms with Crippen molar-refractivity contribution in [2.75, 3.05) is 13.5 Å². The maximum absolute atomic E-state index is 15.1. The Balaban J connectivity index is 1.67. The lowest BCUT2D eigenvalue weighted by Crippen LogP contribution is -2.53. The molecule has 2 aliphatic rings. The van der Waals surface area contributed by atoms with Crippen LogP contribution in [0.3, 0.4) is 0 Å². The van der Waals surface area contributed by atoms with E-state index in [9.17, 15) is 18.0 Å². The van der Waals surface area contributed by atoms with Crippen molar-refractivity contribution in [3.63, 3.8) is 0 Å². The number of hydrogen-bond donors (Lipinski definition) is 1. The van der Waals surface area contributed by atoms with Crippen LogP contribution in [-0.2, 0) is 21.4 Å². The molecule has 1 aromatic carbocycles. The fourth-order valence-electron chi connectivity index (χ4n) is 4.61. The van der Waals surface area contributed by atoms with Crippen molar-refractivity contribution < 1.29 is 36.6 Å². The van der Waals surface area contributed by atoms with Crippen LogP contribution in [-0.4, -0.2) is 53.4 Å². The first kappa shape index (κ1) is 24.8. The molecule has 3 heterocycles. The zero-order valence-corrected chi connectivity index (χ0v) is 19.0. The molecule has 2 aromatic rings. The minimum Gasteiger partial charge on any atom is -0.459 e. The number of ether oxygens (including phenoxy) is 3. The topological polar surface area (TPSA) is 109 Å². The lowest BCUT2D eigenvalue weighted by atomic mass is 9.72. The smallest absolute Gasteiger partial charge is 0.283 e. The van der Waals surface area contributed by atoms with Crippen LogP contribution in [0.15, 0.2) is 35.6 Å². The van der Waals surface area contributed by atoms with E-state index in [1.807, 2.05) is 0 Å². The summed E-state index contributed by atoms with van der Waals surface area (Å²) in [6, 6.07) is 3.69. The predicted molar refractivity (Wildman–Crippen MR) is 115 cm³/mol. The molecular weight excluding hydrogens is 472 g/mol. The third-order valence-corrected chi connectivity index (χ3v) is 6.38. The molecule has 12 heteroatoms. The Hall–Kier alpha value is -3.28. The van der Waals surface area contributed by atoms with E-state index in [-0.39, 0.29) is 36.2 Å². The summed E-state index contributed by atoms with van der Waals surface area (Å²) in [5, 5.41) is 0. The molecule has 1 fully saturated rings.